The predicted molar refractivity (Wildman–Crippen MR) is 127 cm³/mol. The van der Waals surface area contributed by atoms with E-state index in [2.05, 4.69) is 64.3 Å². The van der Waals surface area contributed by atoms with E-state index in [0.717, 1.165) is 36.4 Å². The molecule has 2 heterocycles. The molecule has 0 saturated carbocycles. The summed E-state index contributed by atoms with van der Waals surface area (Å²) in [5.74, 6) is 0.0941. The quantitative estimate of drug-likeness (QED) is 0.386. The number of carbonyl (C=O) groups is 1. The zero-order valence-corrected chi connectivity index (χ0v) is 18.1. The molecule has 1 N–H and O–H groups in total. The zero-order chi connectivity index (χ0) is 21.6. The number of aryl methyl sites for hydroxylation is 1. The third-order valence-corrected chi connectivity index (χ3v) is 5.36. The Balaban J connectivity index is 1.40. The smallest absolute Gasteiger partial charge is 0.167 e. The number of Topliss-reactive ketones (excluding diaryl/α,β-unsaturated/α-hetero) is 1. The van der Waals surface area contributed by atoms with Gasteiger partial charge in [-0.3, -0.25) is 9.78 Å². The lowest BCUT2D eigenvalue weighted by Crippen LogP contribution is -2.14. The van der Waals surface area contributed by atoms with Crippen LogP contribution in [-0.2, 0) is 13.0 Å². The molecule has 158 valence electrons. The number of rotatable bonds is 9. The average Bonchev–Trinajstić information content (AvgIpc) is 3.17. The van der Waals surface area contributed by atoms with E-state index in [1.54, 1.807) is 12.4 Å². The van der Waals surface area contributed by atoms with E-state index in [9.17, 15) is 4.79 Å². The Kier molecular flexibility index (Phi) is 6.43. The summed E-state index contributed by atoms with van der Waals surface area (Å²) in [6, 6.07) is 20.0. The third-order valence-electron chi connectivity index (χ3n) is 5.36. The minimum atomic E-state index is 0.0941. The number of fused-ring (bicyclic) bond motifs is 1. The number of carbonyl (C=O) groups excluding carboxylic acids is 1. The number of anilines is 2. The number of nitrogens with zero attached hydrogens (tertiary/aromatic N) is 3. The van der Waals surface area contributed by atoms with Crippen LogP contribution in [0.5, 0.6) is 0 Å². The molecule has 0 atom stereocenters. The summed E-state index contributed by atoms with van der Waals surface area (Å²) < 4.78 is 2.31. The second-order valence-electron chi connectivity index (χ2n) is 8.10. The Bertz CT molecular complexity index is 1150. The Morgan fingerprint density at radius 2 is 1.84 bits per heavy atom. The first-order valence-corrected chi connectivity index (χ1v) is 10.6. The number of aromatic nitrogens is 2. The van der Waals surface area contributed by atoms with E-state index in [-0.39, 0.29) is 5.78 Å². The highest BCUT2D eigenvalue weighted by Crippen LogP contribution is 2.24. The highest BCUT2D eigenvalue weighted by molar-refractivity contribution is 5.97. The highest BCUT2D eigenvalue weighted by atomic mass is 16.1. The summed E-state index contributed by atoms with van der Waals surface area (Å²) in [6.07, 6.45) is 7.10. The summed E-state index contributed by atoms with van der Waals surface area (Å²) in [4.78, 5) is 18.8. The van der Waals surface area contributed by atoms with Crippen molar-refractivity contribution in [2.24, 2.45) is 0 Å². The largest absolute Gasteiger partial charge is 0.356 e. The first-order chi connectivity index (χ1) is 15.1. The van der Waals surface area contributed by atoms with Crippen LogP contribution in [0.1, 0.15) is 22.3 Å². The predicted octanol–water partition coefficient (Wildman–Crippen LogP) is 5.16. The number of nitrogens with one attached hydrogen (secondary N) is 1. The normalized spacial score (nSPS) is 11.2. The molecule has 0 saturated heterocycles. The molecule has 31 heavy (non-hydrogen) atoms. The van der Waals surface area contributed by atoms with Crippen molar-refractivity contribution < 1.29 is 4.79 Å². The Morgan fingerprint density at radius 1 is 1.03 bits per heavy atom. The molecule has 0 aliphatic carbocycles. The standard InChI is InChI=1S/C26H28N4O/c1-29(2)14-4-15-30-16-12-22-18-24(10-11-25(22)30)28-23-8-6-21(7-9-23)26(31)17-20-5-3-13-27-19-20/h3,5-13,16,18-19,28H,4,14-15,17H2,1-2H3. The van der Waals surface area contributed by atoms with Gasteiger partial charge >= 0.3 is 0 Å². The topological polar surface area (TPSA) is 50.2 Å². The van der Waals surface area contributed by atoms with Crippen molar-refractivity contribution in [1.29, 1.82) is 0 Å². The monoisotopic (exact) mass is 412 g/mol. The molecule has 0 spiro atoms. The fourth-order valence-corrected chi connectivity index (χ4v) is 3.73. The SMILES string of the molecule is CN(C)CCCn1ccc2cc(Nc3ccc(C(=O)Cc4cccnc4)cc3)ccc21. The van der Waals surface area contributed by atoms with E-state index >= 15 is 0 Å². The number of pyridine rings is 1. The molecule has 0 bridgehead atoms. The molecular formula is C26H28N4O. The van der Waals surface area contributed by atoms with Gasteiger partial charge in [-0.2, -0.15) is 0 Å². The van der Waals surface area contributed by atoms with Gasteiger partial charge in [-0.05, 0) is 87.2 Å². The van der Waals surface area contributed by atoms with Crippen LogP contribution in [0, 0.1) is 0 Å². The van der Waals surface area contributed by atoms with Crippen molar-refractivity contribution in [2.75, 3.05) is 26.0 Å². The first kappa shape index (κ1) is 20.8. The molecule has 2 aromatic heterocycles. The van der Waals surface area contributed by atoms with Crippen molar-refractivity contribution in [3.05, 3.63) is 90.4 Å². The summed E-state index contributed by atoms with van der Waals surface area (Å²) in [5, 5.41) is 4.66. The lowest BCUT2D eigenvalue weighted by Gasteiger charge is -2.11. The number of ketones is 1. The minimum Gasteiger partial charge on any atom is -0.356 e. The molecule has 0 aliphatic heterocycles. The molecule has 5 nitrogen and oxygen atoms in total. The van der Waals surface area contributed by atoms with Gasteiger partial charge in [0.25, 0.3) is 0 Å². The Hall–Kier alpha value is -3.44. The van der Waals surface area contributed by atoms with Crippen LogP contribution >= 0.6 is 0 Å². The van der Waals surface area contributed by atoms with Gasteiger partial charge in [0, 0.05) is 59.4 Å². The molecule has 0 amide bonds. The number of benzene rings is 2. The van der Waals surface area contributed by atoms with Gasteiger partial charge in [0.2, 0.25) is 0 Å². The molecule has 2 aromatic carbocycles. The summed E-state index contributed by atoms with van der Waals surface area (Å²) in [6.45, 7) is 2.10. The maximum Gasteiger partial charge on any atom is 0.167 e. The molecule has 4 rings (SSSR count). The fraction of sp³-hybridized carbons (Fsp3) is 0.231. The molecule has 0 unspecified atom stereocenters. The van der Waals surface area contributed by atoms with Gasteiger partial charge in [-0.25, -0.2) is 0 Å². The van der Waals surface area contributed by atoms with Gasteiger partial charge < -0.3 is 14.8 Å². The van der Waals surface area contributed by atoms with Crippen LogP contribution in [0.3, 0.4) is 0 Å². The van der Waals surface area contributed by atoms with E-state index in [1.165, 1.54) is 10.9 Å². The van der Waals surface area contributed by atoms with E-state index in [1.807, 2.05) is 36.4 Å². The second kappa shape index (κ2) is 9.58. The highest BCUT2D eigenvalue weighted by Gasteiger charge is 2.08. The molecule has 0 aliphatic rings. The molecule has 5 heteroatoms. The number of hydrogen-bond acceptors (Lipinski definition) is 4. The molecule has 0 fully saturated rings. The van der Waals surface area contributed by atoms with Crippen molar-refractivity contribution in [3.63, 3.8) is 0 Å². The third kappa shape index (κ3) is 5.38. The number of hydrogen-bond donors (Lipinski definition) is 1. The van der Waals surface area contributed by atoms with Crippen LogP contribution in [-0.4, -0.2) is 40.9 Å². The van der Waals surface area contributed by atoms with Crippen LogP contribution in [0.25, 0.3) is 10.9 Å². The van der Waals surface area contributed by atoms with Gasteiger partial charge in [-0.15, -0.1) is 0 Å². The Morgan fingerprint density at radius 3 is 2.58 bits per heavy atom. The molecule has 0 radical (unpaired) electrons. The fourth-order valence-electron chi connectivity index (χ4n) is 3.73. The van der Waals surface area contributed by atoms with Crippen molar-refractivity contribution in [2.45, 2.75) is 19.4 Å². The Labute approximate surface area is 183 Å². The van der Waals surface area contributed by atoms with E-state index in [4.69, 9.17) is 0 Å². The molecule has 4 aromatic rings. The first-order valence-electron chi connectivity index (χ1n) is 10.6. The van der Waals surface area contributed by atoms with Crippen LogP contribution in [0.2, 0.25) is 0 Å². The van der Waals surface area contributed by atoms with Crippen LogP contribution < -0.4 is 5.32 Å². The summed E-state index contributed by atoms with van der Waals surface area (Å²) in [7, 11) is 4.21. The van der Waals surface area contributed by atoms with E-state index < -0.39 is 0 Å². The van der Waals surface area contributed by atoms with Gasteiger partial charge in [0.1, 0.15) is 0 Å². The van der Waals surface area contributed by atoms with Crippen molar-refractivity contribution >= 4 is 28.1 Å². The average molecular weight is 413 g/mol. The van der Waals surface area contributed by atoms with E-state index in [0.29, 0.717) is 12.0 Å². The second-order valence-corrected chi connectivity index (χ2v) is 8.10. The summed E-state index contributed by atoms with van der Waals surface area (Å²) >= 11 is 0. The van der Waals surface area contributed by atoms with Crippen molar-refractivity contribution in [1.82, 2.24) is 14.5 Å². The minimum absolute atomic E-state index is 0.0941. The van der Waals surface area contributed by atoms with Gasteiger partial charge in [0.05, 0.1) is 0 Å². The lowest BCUT2D eigenvalue weighted by atomic mass is 10.0. The van der Waals surface area contributed by atoms with Gasteiger partial charge in [0.15, 0.2) is 5.78 Å². The zero-order valence-electron chi connectivity index (χ0n) is 18.1. The molecular weight excluding hydrogens is 384 g/mol. The summed E-state index contributed by atoms with van der Waals surface area (Å²) in [5.41, 5.74) is 4.88. The van der Waals surface area contributed by atoms with Crippen LogP contribution in [0.4, 0.5) is 11.4 Å². The van der Waals surface area contributed by atoms with Crippen molar-refractivity contribution in [3.8, 4) is 0 Å². The van der Waals surface area contributed by atoms with Crippen LogP contribution in [0.15, 0.2) is 79.3 Å². The maximum absolute atomic E-state index is 12.5. The maximum atomic E-state index is 12.5. The van der Waals surface area contributed by atoms with Gasteiger partial charge in [-0.1, -0.05) is 6.07 Å². The lowest BCUT2D eigenvalue weighted by molar-refractivity contribution is 0.0993.